The summed E-state index contributed by atoms with van der Waals surface area (Å²) in [6, 6.07) is 39.9. The maximum Gasteiger partial charge on any atom is 0.264 e. The van der Waals surface area contributed by atoms with Gasteiger partial charge < -0.3 is 15.0 Å². The van der Waals surface area contributed by atoms with Crippen molar-refractivity contribution in [3.8, 4) is 11.5 Å². The first-order valence-electron chi connectivity index (χ1n) is 16.5. The summed E-state index contributed by atoms with van der Waals surface area (Å²) < 4.78 is 36.4. The smallest absolute Gasteiger partial charge is 0.264 e. The predicted octanol–water partition coefficient (Wildman–Crippen LogP) is 7.99. The third-order valence-electron chi connectivity index (χ3n) is 8.06. The zero-order chi connectivity index (χ0) is 35.3. The summed E-state index contributed by atoms with van der Waals surface area (Å²) in [6.07, 6.45) is 1.93. The van der Waals surface area contributed by atoms with Crippen molar-refractivity contribution in [1.29, 1.82) is 0 Å². The molecule has 0 bridgehead atoms. The number of anilines is 1. The molecule has 0 heterocycles. The number of hydrogen-bond donors (Lipinski definition) is 1. The molecule has 5 rings (SSSR count). The number of halogens is 1. The van der Waals surface area contributed by atoms with Crippen molar-refractivity contribution in [3.05, 3.63) is 155 Å². The van der Waals surface area contributed by atoms with Crippen LogP contribution in [0.1, 0.15) is 30.9 Å². The Kier molecular flexibility index (Phi) is 12.8. The van der Waals surface area contributed by atoms with Crippen molar-refractivity contribution in [2.24, 2.45) is 0 Å². The summed E-state index contributed by atoms with van der Waals surface area (Å²) >= 11 is 3.52. The summed E-state index contributed by atoms with van der Waals surface area (Å²) in [5, 5.41) is 3.02. The lowest BCUT2D eigenvalue weighted by Crippen LogP contribution is -2.53. The molecule has 5 aromatic carbocycles. The summed E-state index contributed by atoms with van der Waals surface area (Å²) in [6.45, 7) is 2.04. The molecule has 0 aromatic heterocycles. The van der Waals surface area contributed by atoms with Crippen molar-refractivity contribution in [1.82, 2.24) is 10.2 Å². The molecule has 8 nitrogen and oxygen atoms in total. The largest absolute Gasteiger partial charge is 0.457 e. The SMILES string of the molecule is CCCCNC(=O)[C@@H](Cc1ccccc1)N(Cc1cccc(Br)c1)C(=O)CN(c1ccc(Oc2ccccc2)cc1)S(=O)(=O)c1ccccc1. The van der Waals surface area contributed by atoms with E-state index in [1.54, 1.807) is 42.5 Å². The van der Waals surface area contributed by atoms with E-state index in [4.69, 9.17) is 4.74 Å². The van der Waals surface area contributed by atoms with Crippen LogP contribution in [0.3, 0.4) is 0 Å². The van der Waals surface area contributed by atoms with Crippen LogP contribution < -0.4 is 14.4 Å². The van der Waals surface area contributed by atoms with E-state index in [9.17, 15) is 18.0 Å². The van der Waals surface area contributed by atoms with Gasteiger partial charge in [0.05, 0.1) is 10.6 Å². The van der Waals surface area contributed by atoms with Gasteiger partial charge in [0.15, 0.2) is 0 Å². The Hall–Kier alpha value is -4.93. The Morgan fingerprint density at radius 3 is 2.00 bits per heavy atom. The Balaban J connectivity index is 1.54. The number of nitrogens with zero attached hydrogens (tertiary/aromatic N) is 2. The molecule has 0 aliphatic heterocycles. The van der Waals surface area contributed by atoms with Crippen molar-refractivity contribution in [3.63, 3.8) is 0 Å². The maximum atomic E-state index is 14.7. The third-order valence-corrected chi connectivity index (χ3v) is 10.3. The molecule has 1 atom stereocenters. The number of carbonyl (C=O) groups excluding carboxylic acids is 2. The van der Waals surface area contributed by atoms with Crippen LogP contribution >= 0.6 is 15.9 Å². The Morgan fingerprint density at radius 1 is 0.760 bits per heavy atom. The molecule has 0 radical (unpaired) electrons. The maximum absolute atomic E-state index is 14.7. The fourth-order valence-electron chi connectivity index (χ4n) is 5.45. The molecule has 10 heteroatoms. The van der Waals surface area contributed by atoms with Crippen LogP contribution in [0.25, 0.3) is 0 Å². The lowest BCUT2D eigenvalue weighted by atomic mass is 10.0. The van der Waals surface area contributed by atoms with E-state index in [0.29, 0.717) is 18.0 Å². The van der Waals surface area contributed by atoms with E-state index < -0.39 is 28.5 Å². The first kappa shape index (κ1) is 36.4. The number of sulfonamides is 1. The average Bonchev–Trinajstić information content (AvgIpc) is 3.13. The third kappa shape index (κ3) is 9.83. The zero-order valence-corrected chi connectivity index (χ0v) is 30.2. The summed E-state index contributed by atoms with van der Waals surface area (Å²) in [5.41, 5.74) is 1.93. The summed E-state index contributed by atoms with van der Waals surface area (Å²) in [5.74, 6) is 0.312. The summed E-state index contributed by atoms with van der Waals surface area (Å²) in [7, 11) is -4.22. The van der Waals surface area contributed by atoms with E-state index in [2.05, 4.69) is 21.2 Å². The molecule has 0 unspecified atom stereocenters. The number of para-hydroxylation sites is 1. The Bertz CT molecular complexity index is 1940. The standard InChI is InChI=1S/C40H40BrN3O5S/c1-2-3-26-42-40(46)38(28-31-14-7-4-8-15-31)43(29-32-16-13-17-33(41)27-32)39(45)30-44(50(47,48)37-20-11-6-12-21-37)34-22-24-36(25-23-34)49-35-18-9-5-10-19-35/h4-25,27,38H,2-3,26,28-30H2,1H3,(H,42,46)/t38-/m1/s1. The fourth-order valence-corrected chi connectivity index (χ4v) is 7.33. The molecule has 2 amide bonds. The highest BCUT2D eigenvalue weighted by molar-refractivity contribution is 9.10. The molecule has 5 aromatic rings. The molecule has 0 spiro atoms. The summed E-state index contributed by atoms with van der Waals surface area (Å²) in [4.78, 5) is 30.1. The molecule has 0 saturated carbocycles. The second kappa shape index (κ2) is 17.6. The van der Waals surface area contributed by atoms with Crippen molar-refractivity contribution in [2.45, 2.75) is 43.7 Å². The van der Waals surface area contributed by atoms with Gasteiger partial charge in [-0.1, -0.05) is 108 Å². The second-order valence-electron chi connectivity index (χ2n) is 11.7. The topological polar surface area (TPSA) is 96.0 Å². The molecule has 0 fully saturated rings. The Labute approximate surface area is 302 Å². The lowest BCUT2D eigenvalue weighted by molar-refractivity contribution is -0.140. The molecule has 50 heavy (non-hydrogen) atoms. The van der Waals surface area contributed by atoms with Gasteiger partial charge in [0.2, 0.25) is 11.8 Å². The van der Waals surface area contributed by atoms with Crippen molar-refractivity contribution < 1.29 is 22.7 Å². The lowest BCUT2D eigenvalue weighted by Gasteiger charge is -2.34. The molecular formula is C40H40BrN3O5S. The van der Waals surface area contributed by atoms with Crippen LogP contribution in [0.2, 0.25) is 0 Å². The minimum atomic E-state index is -4.22. The fraction of sp³-hybridized carbons (Fsp3) is 0.200. The van der Waals surface area contributed by atoms with E-state index in [1.807, 2.05) is 91.9 Å². The predicted molar refractivity (Wildman–Crippen MR) is 200 cm³/mol. The van der Waals surface area contributed by atoms with Crippen molar-refractivity contribution in [2.75, 3.05) is 17.4 Å². The average molecular weight is 755 g/mol. The number of ether oxygens (including phenoxy) is 1. The quantitative estimate of drug-likeness (QED) is 0.103. The van der Waals surface area contributed by atoms with E-state index in [-0.39, 0.29) is 29.5 Å². The van der Waals surface area contributed by atoms with Crippen LogP contribution in [0.15, 0.2) is 149 Å². The monoisotopic (exact) mass is 753 g/mol. The molecule has 258 valence electrons. The van der Waals surface area contributed by atoms with Gasteiger partial charge in [-0.2, -0.15) is 0 Å². The van der Waals surface area contributed by atoms with Crippen LogP contribution in [0.5, 0.6) is 11.5 Å². The number of rotatable bonds is 16. The highest BCUT2D eigenvalue weighted by Crippen LogP contribution is 2.29. The first-order chi connectivity index (χ1) is 24.2. The first-order valence-corrected chi connectivity index (χ1v) is 18.7. The van der Waals surface area contributed by atoms with Gasteiger partial charge in [-0.05, 0) is 78.2 Å². The number of amides is 2. The number of nitrogens with one attached hydrogen (secondary N) is 1. The molecule has 1 N–H and O–H groups in total. The van der Waals surface area contributed by atoms with Crippen molar-refractivity contribution >= 4 is 43.5 Å². The van der Waals surface area contributed by atoms with Gasteiger partial charge in [0, 0.05) is 24.0 Å². The molecule has 0 aliphatic rings. The van der Waals surface area contributed by atoms with Crippen LogP contribution in [-0.2, 0) is 32.6 Å². The normalized spacial score (nSPS) is 11.7. The number of carbonyl (C=O) groups is 2. The highest BCUT2D eigenvalue weighted by Gasteiger charge is 2.34. The number of unbranched alkanes of at least 4 members (excludes halogenated alkanes) is 1. The second-order valence-corrected chi connectivity index (χ2v) is 14.5. The van der Waals surface area contributed by atoms with Gasteiger partial charge in [0.25, 0.3) is 10.0 Å². The van der Waals surface area contributed by atoms with Crippen LogP contribution in [-0.4, -0.2) is 44.3 Å². The van der Waals surface area contributed by atoms with Gasteiger partial charge in [-0.25, -0.2) is 8.42 Å². The number of benzene rings is 5. The molecule has 0 saturated heterocycles. The van der Waals surface area contributed by atoms with Gasteiger partial charge >= 0.3 is 0 Å². The van der Waals surface area contributed by atoms with E-state index in [1.165, 1.54) is 17.0 Å². The number of hydrogen-bond acceptors (Lipinski definition) is 5. The van der Waals surface area contributed by atoms with E-state index in [0.717, 1.165) is 32.7 Å². The van der Waals surface area contributed by atoms with E-state index >= 15 is 0 Å². The van der Waals surface area contributed by atoms with Gasteiger partial charge in [-0.15, -0.1) is 0 Å². The zero-order valence-electron chi connectivity index (χ0n) is 27.8. The highest BCUT2D eigenvalue weighted by atomic mass is 79.9. The molecular weight excluding hydrogens is 714 g/mol. The van der Waals surface area contributed by atoms with Gasteiger partial charge in [0.1, 0.15) is 24.1 Å². The van der Waals surface area contributed by atoms with Gasteiger partial charge in [-0.3, -0.25) is 13.9 Å². The van der Waals surface area contributed by atoms with Crippen LogP contribution in [0.4, 0.5) is 5.69 Å². The minimum absolute atomic E-state index is 0.0362. The van der Waals surface area contributed by atoms with Crippen LogP contribution in [0, 0.1) is 0 Å². The Morgan fingerprint density at radius 2 is 1.36 bits per heavy atom. The minimum Gasteiger partial charge on any atom is -0.457 e. The molecule has 0 aliphatic carbocycles.